The zero-order chi connectivity index (χ0) is 9.26. The number of thioether (sulfide) groups is 1. The van der Waals surface area contributed by atoms with Crippen LogP contribution < -0.4 is 5.73 Å². The highest BCUT2D eigenvalue weighted by atomic mass is 32.2. The number of nitrogens with two attached hydrogens (primary N) is 1. The van der Waals surface area contributed by atoms with Crippen LogP contribution in [0.5, 0.6) is 0 Å². The minimum atomic E-state index is 0.274. The van der Waals surface area contributed by atoms with E-state index in [1.807, 2.05) is 0 Å². The van der Waals surface area contributed by atoms with Gasteiger partial charge in [0, 0.05) is 10.9 Å². The van der Waals surface area contributed by atoms with Gasteiger partial charge >= 0.3 is 0 Å². The van der Waals surface area contributed by atoms with Crippen LogP contribution in [0, 0.1) is 0 Å². The van der Waals surface area contributed by atoms with Crippen LogP contribution in [0.15, 0.2) is 23.1 Å². The standard InChI is InChI=1S/C11H15NS/c1-13-9-6-5-8-3-2-4-11(12)10(8)7-9/h5-7,11H,2-4,12H2,1H3/t11-/m1/s1. The zero-order valence-electron chi connectivity index (χ0n) is 7.92. The lowest BCUT2D eigenvalue weighted by Gasteiger charge is -2.22. The van der Waals surface area contributed by atoms with Crippen LogP contribution in [0.4, 0.5) is 0 Å². The monoisotopic (exact) mass is 193 g/mol. The summed E-state index contributed by atoms with van der Waals surface area (Å²) in [5.74, 6) is 0. The molecule has 0 amide bonds. The second-order valence-corrected chi connectivity index (χ2v) is 4.44. The predicted octanol–water partition coefficient (Wildman–Crippen LogP) is 2.74. The molecule has 2 rings (SSSR count). The Bertz CT molecular complexity index is 309. The van der Waals surface area contributed by atoms with Gasteiger partial charge in [-0.15, -0.1) is 11.8 Å². The van der Waals surface area contributed by atoms with Crippen LogP contribution >= 0.6 is 11.8 Å². The van der Waals surface area contributed by atoms with Crippen molar-refractivity contribution in [3.8, 4) is 0 Å². The van der Waals surface area contributed by atoms with E-state index in [2.05, 4.69) is 24.5 Å². The van der Waals surface area contributed by atoms with Crippen LogP contribution in [0.25, 0.3) is 0 Å². The Morgan fingerprint density at radius 2 is 2.31 bits per heavy atom. The molecule has 1 atom stereocenters. The topological polar surface area (TPSA) is 26.0 Å². The Kier molecular flexibility index (Phi) is 2.61. The second-order valence-electron chi connectivity index (χ2n) is 3.56. The van der Waals surface area contributed by atoms with Gasteiger partial charge in [-0.25, -0.2) is 0 Å². The molecule has 1 nitrogen and oxygen atoms in total. The molecule has 0 bridgehead atoms. The van der Waals surface area contributed by atoms with Crippen molar-refractivity contribution in [3.05, 3.63) is 29.3 Å². The third kappa shape index (κ3) is 1.74. The maximum absolute atomic E-state index is 6.06. The first kappa shape index (κ1) is 9.10. The molecule has 70 valence electrons. The lowest BCUT2D eigenvalue weighted by Crippen LogP contribution is -2.17. The van der Waals surface area contributed by atoms with Gasteiger partial charge in [0.25, 0.3) is 0 Å². The fourth-order valence-electron chi connectivity index (χ4n) is 1.94. The second kappa shape index (κ2) is 3.72. The molecule has 1 aliphatic rings. The van der Waals surface area contributed by atoms with E-state index >= 15 is 0 Å². The molecule has 1 aliphatic carbocycles. The summed E-state index contributed by atoms with van der Waals surface area (Å²) in [6.45, 7) is 0. The minimum absolute atomic E-state index is 0.274. The molecule has 0 heterocycles. The van der Waals surface area contributed by atoms with Crippen LogP contribution in [0.1, 0.15) is 30.0 Å². The normalized spacial score (nSPS) is 21.2. The van der Waals surface area contributed by atoms with E-state index in [0.717, 1.165) is 6.42 Å². The van der Waals surface area contributed by atoms with E-state index in [0.29, 0.717) is 0 Å². The SMILES string of the molecule is CSc1ccc2c(c1)[C@H](N)CCC2. The third-order valence-corrected chi connectivity index (χ3v) is 3.44. The van der Waals surface area contributed by atoms with Crippen molar-refractivity contribution in [1.82, 2.24) is 0 Å². The number of hydrogen-bond acceptors (Lipinski definition) is 2. The van der Waals surface area contributed by atoms with Gasteiger partial charge in [-0.05, 0) is 48.8 Å². The van der Waals surface area contributed by atoms with Gasteiger partial charge in [0.2, 0.25) is 0 Å². The Hall–Kier alpha value is -0.470. The number of hydrogen-bond donors (Lipinski definition) is 1. The number of fused-ring (bicyclic) bond motifs is 1. The van der Waals surface area contributed by atoms with Crippen molar-refractivity contribution in [2.24, 2.45) is 5.73 Å². The van der Waals surface area contributed by atoms with Crippen molar-refractivity contribution < 1.29 is 0 Å². The molecule has 2 heteroatoms. The summed E-state index contributed by atoms with van der Waals surface area (Å²) < 4.78 is 0. The molecule has 1 aromatic carbocycles. The zero-order valence-corrected chi connectivity index (χ0v) is 8.73. The predicted molar refractivity (Wildman–Crippen MR) is 58.1 cm³/mol. The third-order valence-electron chi connectivity index (χ3n) is 2.71. The average Bonchev–Trinajstić information content (AvgIpc) is 2.18. The number of rotatable bonds is 1. The van der Waals surface area contributed by atoms with Gasteiger partial charge in [-0.3, -0.25) is 0 Å². The van der Waals surface area contributed by atoms with Crippen molar-refractivity contribution in [1.29, 1.82) is 0 Å². The number of benzene rings is 1. The van der Waals surface area contributed by atoms with E-state index in [9.17, 15) is 0 Å². The van der Waals surface area contributed by atoms with Crippen molar-refractivity contribution in [3.63, 3.8) is 0 Å². The Labute approximate surface area is 83.7 Å². The van der Waals surface area contributed by atoms with Crippen molar-refractivity contribution >= 4 is 11.8 Å². The summed E-state index contributed by atoms with van der Waals surface area (Å²) in [4.78, 5) is 1.33. The van der Waals surface area contributed by atoms with Crippen LogP contribution in [0.3, 0.4) is 0 Å². The summed E-state index contributed by atoms with van der Waals surface area (Å²) in [7, 11) is 0. The van der Waals surface area contributed by atoms with Gasteiger partial charge in [0.05, 0.1) is 0 Å². The van der Waals surface area contributed by atoms with Gasteiger partial charge in [0.1, 0.15) is 0 Å². The molecule has 2 N–H and O–H groups in total. The number of aryl methyl sites for hydroxylation is 1. The molecular formula is C11H15NS. The summed E-state index contributed by atoms with van der Waals surface area (Å²) in [6, 6.07) is 6.96. The lowest BCUT2D eigenvalue weighted by atomic mass is 9.88. The molecule has 0 fully saturated rings. The van der Waals surface area contributed by atoms with Crippen molar-refractivity contribution in [2.75, 3.05) is 6.26 Å². The largest absolute Gasteiger partial charge is 0.324 e. The smallest absolute Gasteiger partial charge is 0.0298 e. The van der Waals surface area contributed by atoms with E-state index in [1.165, 1.54) is 28.9 Å². The molecule has 1 aromatic rings. The molecule has 0 spiro atoms. The minimum Gasteiger partial charge on any atom is -0.324 e. The fraction of sp³-hybridized carbons (Fsp3) is 0.455. The Morgan fingerprint density at radius 3 is 3.08 bits per heavy atom. The van der Waals surface area contributed by atoms with Crippen molar-refractivity contribution in [2.45, 2.75) is 30.2 Å². The lowest BCUT2D eigenvalue weighted by molar-refractivity contribution is 0.569. The molecule has 0 aliphatic heterocycles. The van der Waals surface area contributed by atoms with E-state index in [-0.39, 0.29) is 6.04 Å². The maximum Gasteiger partial charge on any atom is 0.0298 e. The molecule has 0 saturated heterocycles. The molecular weight excluding hydrogens is 178 g/mol. The Morgan fingerprint density at radius 1 is 1.46 bits per heavy atom. The molecule has 0 aromatic heterocycles. The van der Waals surface area contributed by atoms with Crippen LogP contribution in [0.2, 0.25) is 0 Å². The first-order chi connectivity index (χ1) is 6.31. The van der Waals surface area contributed by atoms with Gasteiger partial charge < -0.3 is 5.73 Å². The van der Waals surface area contributed by atoms with E-state index < -0.39 is 0 Å². The molecule has 13 heavy (non-hydrogen) atoms. The highest BCUT2D eigenvalue weighted by Gasteiger charge is 2.16. The van der Waals surface area contributed by atoms with Crippen LogP contribution in [-0.4, -0.2) is 6.26 Å². The highest BCUT2D eigenvalue weighted by Crippen LogP contribution is 2.30. The first-order valence-corrected chi connectivity index (χ1v) is 5.96. The molecule has 0 radical (unpaired) electrons. The average molecular weight is 193 g/mol. The van der Waals surface area contributed by atoms with Gasteiger partial charge in [0.15, 0.2) is 0 Å². The fourth-order valence-corrected chi connectivity index (χ4v) is 2.39. The van der Waals surface area contributed by atoms with Gasteiger partial charge in [-0.2, -0.15) is 0 Å². The van der Waals surface area contributed by atoms with E-state index in [4.69, 9.17) is 5.73 Å². The summed E-state index contributed by atoms with van der Waals surface area (Å²) in [6.07, 6.45) is 5.70. The summed E-state index contributed by atoms with van der Waals surface area (Å²) >= 11 is 1.79. The quantitative estimate of drug-likeness (QED) is 0.694. The summed E-state index contributed by atoms with van der Waals surface area (Å²) in [5, 5.41) is 0. The molecule has 0 saturated carbocycles. The van der Waals surface area contributed by atoms with Crippen LogP contribution in [-0.2, 0) is 6.42 Å². The van der Waals surface area contributed by atoms with Gasteiger partial charge in [-0.1, -0.05) is 6.07 Å². The maximum atomic E-state index is 6.06. The summed E-state index contributed by atoms with van der Waals surface area (Å²) in [5.41, 5.74) is 8.89. The van der Waals surface area contributed by atoms with E-state index in [1.54, 1.807) is 11.8 Å². The molecule has 0 unspecified atom stereocenters. The first-order valence-electron chi connectivity index (χ1n) is 4.73. The Balaban J connectivity index is 2.41. The highest BCUT2D eigenvalue weighted by molar-refractivity contribution is 7.98.